The fourth-order valence-electron chi connectivity index (χ4n) is 1.74. The summed E-state index contributed by atoms with van der Waals surface area (Å²) in [5, 5.41) is 1.16. The Morgan fingerprint density at radius 3 is 1.95 bits per heavy atom. The molecule has 0 unspecified atom stereocenters. The Morgan fingerprint density at radius 1 is 1.09 bits per heavy atom. The van der Waals surface area contributed by atoms with Gasteiger partial charge in [0, 0.05) is 6.54 Å². The van der Waals surface area contributed by atoms with E-state index in [2.05, 4.69) is 0 Å². The average Bonchev–Trinajstić information content (AvgIpc) is 2.41. The first-order valence-electron chi connectivity index (χ1n) is 7.49. The number of hydroxylamine groups is 2. The first kappa shape index (κ1) is 20.4. The Hall–Kier alpha value is -1.63. The van der Waals surface area contributed by atoms with Crippen LogP contribution in [-0.4, -0.2) is 48.8 Å². The van der Waals surface area contributed by atoms with Gasteiger partial charge >= 0.3 is 11.9 Å². The Labute approximate surface area is 131 Å². The van der Waals surface area contributed by atoms with E-state index in [1.54, 1.807) is 13.8 Å². The second-order valence-corrected chi connectivity index (χ2v) is 5.65. The normalized spacial score (nSPS) is 11.2. The molecule has 0 aromatic heterocycles. The summed E-state index contributed by atoms with van der Waals surface area (Å²) in [4.78, 5) is 40.0. The Morgan fingerprint density at radius 2 is 1.59 bits per heavy atom. The van der Waals surface area contributed by atoms with E-state index in [-0.39, 0.29) is 26.2 Å². The SMILES string of the molecule is CCOC(=O)C(CCCN(C=O)OC(C)(C)C)C(=O)OCC. The molecular weight excluding hydrogens is 290 g/mol. The number of carbonyl (C=O) groups excluding carboxylic acids is 3. The maximum atomic E-state index is 11.8. The summed E-state index contributed by atoms with van der Waals surface area (Å²) >= 11 is 0. The quantitative estimate of drug-likeness (QED) is 0.264. The number of rotatable bonds is 10. The lowest BCUT2D eigenvalue weighted by Gasteiger charge is -2.26. The molecule has 0 saturated carbocycles. The fraction of sp³-hybridized carbons (Fsp3) is 0.800. The van der Waals surface area contributed by atoms with Gasteiger partial charge in [-0.1, -0.05) is 0 Å². The molecule has 22 heavy (non-hydrogen) atoms. The van der Waals surface area contributed by atoms with Crippen molar-refractivity contribution in [2.75, 3.05) is 19.8 Å². The van der Waals surface area contributed by atoms with Crippen molar-refractivity contribution in [2.24, 2.45) is 5.92 Å². The van der Waals surface area contributed by atoms with Crippen LogP contribution in [0.2, 0.25) is 0 Å². The van der Waals surface area contributed by atoms with Crippen molar-refractivity contribution in [2.45, 2.75) is 53.1 Å². The van der Waals surface area contributed by atoms with Gasteiger partial charge in [-0.3, -0.25) is 19.2 Å². The summed E-state index contributed by atoms with van der Waals surface area (Å²) in [6, 6.07) is 0. The molecule has 0 fully saturated rings. The van der Waals surface area contributed by atoms with Gasteiger partial charge in [0.15, 0.2) is 5.92 Å². The highest BCUT2D eigenvalue weighted by molar-refractivity contribution is 5.94. The smallest absolute Gasteiger partial charge is 0.320 e. The van der Waals surface area contributed by atoms with Crippen LogP contribution in [0.4, 0.5) is 0 Å². The largest absolute Gasteiger partial charge is 0.465 e. The number of hydrogen-bond acceptors (Lipinski definition) is 6. The highest BCUT2D eigenvalue weighted by Gasteiger charge is 2.29. The molecule has 7 heteroatoms. The van der Waals surface area contributed by atoms with Crippen molar-refractivity contribution < 1.29 is 28.7 Å². The van der Waals surface area contributed by atoms with Gasteiger partial charge in [0.1, 0.15) is 0 Å². The lowest BCUT2D eigenvalue weighted by Crippen LogP contribution is -2.34. The minimum absolute atomic E-state index is 0.197. The molecular formula is C15H27NO6. The molecule has 0 rings (SSSR count). The highest BCUT2D eigenvalue weighted by atomic mass is 16.7. The minimum atomic E-state index is -0.969. The van der Waals surface area contributed by atoms with Crippen molar-refractivity contribution in [3.05, 3.63) is 0 Å². The average molecular weight is 317 g/mol. The molecule has 0 aliphatic carbocycles. The summed E-state index contributed by atoms with van der Waals surface area (Å²) < 4.78 is 9.76. The third-order valence-corrected chi connectivity index (χ3v) is 2.52. The fourth-order valence-corrected chi connectivity index (χ4v) is 1.74. The summed E-state index contributed by atoms with van der Waals surface area (Å²) in [7, 11) is 0. The molecule has 0 aliphatic heterocycles. The maximum absolute atomic E-state index is 11.8. The first-order valence-corrected chi connectivity index (χ1v) is 7.49. The topological polar surface area (TPSA) is 82.1 Å². The molecule has 0 aliphatic rings. The Kier molecular flexibility index (Phi) is 9.40. The van der Waals surface area contributed by atoms with Gasteiger partial charge in [-0.25, -0.2) is 5.06 Å². The molecule has 0 spiro atoms. The molecule has 7 nitrogen and oxygen atoms in total. The zero-order valence-corrected chi connectivity index (χ0v) is 14.1. The molecule has 0 aromatic carbocycles. The van der Waals surface area contributed by atoms with Crippen molar-refractivity contribution in [3.63, 3.8) is 0 Å². The summed E-state index contributed by atoms with van der Waals surface area (Å²) in [5.41, 5.74) is -0.497. The highest BCUT2D eigenvalue weighted by Crippen LogP contribution is 2.14. The zero-order chi connectivity index (χ0) is 17.2. The maximum Gasteiger partial charge on any atom is 0.320 e. The van der Waals surface area contributed by atoms with Crippen LogP contribution in [-0.2, 0) is 28.7 Å². The van der Waals surface area contributed by atoms with Crippen molar-refractivity contribution >= 4 is 18.3 Å². The van der Waals surface area contributed by atoms with Gasteiger partial charge in [0.25, 0.3) is 0 Å². The van der Waals surface area contributed by atoms with E-state index in [1.807, 2.05) is 20.8 Å². The monoisotopic (exact) mass is 317 g/mol. The molecule has 0 aromatic rings. The van der Waals surface area contributed by atoms with Crippen LogP contribution in [0.15, 0.2) is 0 Å². The van der Waals surface area contributed by atoms with Crippen LogP contribution in [0.5, 0.6) is 0 Å². The third-order valence-electron chi connectivity index (χ3n) is 2.52. The van der Waals surface area contributed by atoms with Crippen molar-refractivity contribution in [3.8, 4) is 0 Å². The molecule has 0 bridgehead atoms. The van der Waals surface area contributed by atoms with Crippen LogP contribution in [0.1, 0.15) is 47.5 Å². The number of amides is 1. The lowest BCUT2D eigenvalue weighted by molar-refractivity contribution is -0.216. The van der Waals surface area contributed by atoms with Gasteiger partial charge in [-0.2, -0.15) is 0 Å². The summed E-state index contributed by atoms with van der Waals surface area (Å²) in [6.45, 7) is 9.48. The third kappa shape index (κ3) is 8.61. The number of carbonyl (C=O) groups is 3. The van der Waals surface area contributed by atoms with Gasteiger partial charge in [-0.15, -0.1) is 0 Å². The van der Waals surface area contributed by atoms with E-state index in [1.165, 1.54) is 0 Å². The van der Waals surface area contributed by atoms with Crippen LogP contribution >= 0.6 is 0 Å². The van der Waals surface area contributed by atoms with Gasteiger partial charge in [-0.05, 0) is 47.5 Å². The number of ether oxygens (including phenoxy) is 2. The molecule has 128 valence electrons. The van der Waals surface area contributed by atoms with E-state index in [0.29, 0.717) is 12.8 Å². The van der Waals surface area contributed by atoms with E-state index in [9.17, 15) is 14.4 Å². The number of nitrogens with zero attached hydrogens (tertiary/aromatic N) is 1. The van der Waals surface area contributed by atoms with Gasteiger partial charge in [0.2, 0.25) is 6.41 Å². The molecule has 0 heterocycles. The number of hydrogen-bond donors (Lipinski definition) is 0. The first-order chi connectivity index (χ1) is 10.2. The Balaban J connectivity index is 4.52. The van der Waals surface area contributed by atoms with Crippen molar-refractivity contribution in [1.29, 1.82) is 0 Å². The van der Waals surface area contributed by atoms with E-state index in [4.69, 9.17) is 14.3 Å². The zero-order valence-electron chi connectivity index (χ0n) is 14.1. The number of esters is 2. The van der Waals surface area contributed by atoms with E-state index in [0.717, 1.165) is 5.06 Å². The lowest BCUT2D eigenvalue weighted by atomic mass is 10.0. The van der Waals surface area contributed by atoms with Gasteiger partial charge < -0.3 is 9.47 Å². The van der Waals surface area contributed by atoms with Crippen LogP contribution in [0.3, 0.4) is 0 Å². The molecule has 0 saturated heterocycles. The second-order valence-electron chi connectivity index (χ2n) is 5.65. The Bertz CT molecular complexity index is 346. The summed E-state index contributed by atoms with van der Waals surface area (Å²) in [5.74, 6) is -2.17. The predicted molar refractivity (Wildman–Crippen MR) is 79.6 cm³/mol. The van der Waals surface area contributed by atoms with E-state index >= 15 is 0 Å². The molecule has 0 radical (unpaired) electrons. The van der Waals surface area contributed by atoms with Gasteiger partial charge in [0.05, 0.1) is 18.8 Å². The standard InChI is InChI=1S/C15H27NO6/c1-6-20-13(18)12(14(19)21-7-2)9-8-10-16(11-17)22-15(3,4)5/h11-12H,6-10H2,1-5H3. The van der Waals surface area contributed by atoms with Crippen LogP contribution in [0.25, 0.3) is 0 Å². The predicted octanol–water partition coefficient (Wildman–Crippen LogP) is 1.70. The van der Waals surface area contributed by atoms with Crippen LogP contribution in [0, 0.1) is 5.92 Å². The molecule has 1 amide bonds. The molecule has 0 atom stereocenters. The summed E-state index contributed by atoms with van der Waals surface area (Å²) in [6.07, 6.45) is 1.22. The molecule has 0 N–H and O–H groups in total. The van der Waals surface area contributed by atoms with Crippen LogP contribution < -0.4 is 0 Å². The second kappa shape index (κ2) is 10.2. The van der Waals surface area contributed by atoms with Crippen molar-refractivity contribution in [1.82, 2.24) is 5.06 Å². The minimum Gasteiger partial charge on any atom is -0.465 e. The van der Waals surface area contributed by atoms with E-state index < -0.39 is 23.5 Å².